The number of anilines is 3. The van der Waals surface area contributed by atoms with E-state index < -0.39 is 16.5 Å². The summed E-state index contributed by atoms with van der Waals surface area (Å²) < 4.78 is 20.4. The average Bonchev–Trinajstić information content (AvgIpc) is 3.14. The zero-order chi connectivity index (χ0) is 22.1. The number of fused-ring (bicyclic) bond motifs is 1. The number of pyridine rings is 1. The first-order valence-corrected chi connectivity index (χ1v) is 10.2. The number of hydrogen-bond donors (Lipinski definition) is 4. The molecule has 1 aromatic carbocycles. The van der Waals surface area contributed by atoms with Crippen LogP contribution in [-0.2, 0) is 21.9 Å². The van der Waals surface area contributed by atoms with Crippen molar-refractivity contribution in [1.82, 2.24) is 24.5 Å². The van der Waals surface area contributed by atoms with Crippen molar-refractivity contribution in [2.75, 3.05) is 17.7 Å². The van der Waals surface area contributed by atoms with Gasteiger partial charge in [-0.2, -0.15) is 10.6 Å². The van der Waals surface area contributed by atoms with E-state index in [1.165, 1.54) is 0 Å². The Morgan fingerprint density at radius 3 is 2.55 bits per heavy atom. The Labute approximate surface area is 178 Å². The molecule has 12 heteroatoms. The smallest absolute Gasteiger partial charge is 0.271 e. The first-order valence-electron chi connectivity index (χ1n) is 9.04. The molecule has 0 atom stereocenters. The summed E-state index contributed by atoms with van der Waals surface area (Å²) in [5.74, 6) is -0.207. The number of carbonyl (C=O) groups excluding carboxylic acids is 1. The number of primary amides is 1. The number of hydrogen-bond acceptors (Lipinski definition) is 10. The largest absolute Gasteiger partial charge is 0.440 e. The quantitative estimate of drug-likeness (QED) is 0.335. The van der Waals surface area contributed by atoms with Crippen LogP contribution < -0.4 is 16.4 Å². The third kappa shape index (κ3) is 3.75. The minimum Gasteiger partial charge on any atom is -0.440 e. The molecule has 0 fully saturated rings. The van der Waals surface area contributed by atoms with E-state index in [2.05, 4.69) is 30.6 Å². The van der Waals surface area contributed by atoms with E-state index in [1.54, 1.807) is 50.0 Å². The van der Waals surface area contributed by atoms with E-state index in [9.17, 15) is 9.00 Å². The number of nitrogens with two attached hydrogens (primary N) is 1. The lowest BCUT2D eigenvalue weighted by Crippen LogP contribution is -2.18. The highest BCUT2D eigenvalue weighted by Crippen LogP contribution is 2.32. The second kappa shape index (κ2) is 7.99. The van der Waals surface area contributed by atoms with Crippen LogP contribution in [0.4, 0.5) is 17.3 Å². The Bertz CT molecular complexity index is 1370. The SMILES string of the molecule is CNc1nc(Nc2ccc([S-](=N)=O)cc2)c(C(N)=O)nc1-c1cncc2c1ncn2C. The minimum absolute atomic E-state index is 0.0601. The molecule has 5 N–H and O–H groups in total. The second-order valence-corrected chi connectivity index (χ2v) is 7.57. The van der Waals surface area contributed by atoms with Crippen LogP contribution >= 0.6 is 0 Å². The van der Waals surface area contributed by atoms with Crippen LogP contribution in [0, 0.1) is 4.78 Å². The number of aromatic nitrogens is 5. The van der Waals surface area contributed by atoms with Gasteiger partial charge in [0.05, 0.1) is 23.6 Å². The summed E-state index contributed by atoms with van der Waals surface area (Å²) in [6, 6.07) is 6.34. The van der Waals surface area contributed by atoms with Gasteiger partial charge in [-0.3, -0.25) is 9.78 Å². The van der Waals surface area contributed by atoms with Crippen molar-refractivity contribution in [1.29, 1.82) is 4.78 Å². The maximum absolute atomic E-state index is 12.2. The van der Waals surface area contributed by atoms with E-state index in [-0.39, 0.29) is 11.5 Å². The number of carbonyl (C=O) groups is 1. The molecular weight excluding hydrogens is 418 g/mol. The van der Waals surface area contributed by atoms with E-state index in [0.29, 0.717) is 33.2 Å². The zero-order valence-electron chi connectivity index (χ0n) is 16.6. The molecule has 3 aromatic heterocycles. The van der Waals surface area contributed by atoms with Crippen LogP contribution in [0.1, 0.15) is 10.5 Å². The van der Waals surface area contributed by atoms with E-state index in [0.717, 1.165) is 5.52 Å². The molecule has 0 aliphatic carbocycles. The van der Waals surface area contributed by atoms with Crippen molar-refractivity contribution in [3.8, 4) is 11.3 Å². The lowest BCUT2D eigenvalue weighted by molar-refractivity contribution is 0.0996. The summed E-state index contributed by atoms with van der Waals surface area (Å²) in [6.45, 7) is 0. The predicted octanol–water partition coefficient (Wildman–Crippen LogP) is 2.39. The zero-order valence-corrected chi connectivity index (χ0v) is 17.4. The first kappa shape index (κ1) is 20.2. The Morgan fingerprint density at radius 1 is 1.16 bits per heavy atom. The molecule has 0 unspecified atom stereocenters. The molecule has 0 aliphatic rings. The number of amides is 1. The molecule has 158 valence electrons. The highest BCUT2D eigenvalue weighted by molar-refractivity contribution is 7.73. The van der Waals surface area contributed by atoms with Gasteiger partial charge in [-0.15, -0.1) is 0 Å². The van der Waals surface area contributed by atoms with Gasteiger partial charge in [0.25, 0.3) is 5.91 Å². The van der Waals surface area contributed by atoms with Gasteiger partial charge in [0, 0.05) is 26.0 Å². The molecule has 31 heavy (non-hydrogen) atoms. The van der Waals surface area contributed by atoms with E-state index in [1.807, 2.05) is 11.6 Å². The summed E-state index contributed by atoms with van der Waals surface area (Å²) >= 11 is 0. The molecule has 0 spiro atoms. The number of imidazole rings is 1. The molecular formula is C19H18N9O2S-. The van der Waals surface area contributed by atoms with E-state index >= 15 is 0 Å². The highest BCUT2D eigenvalue weighted by atomic mass is 32.2. The van der Waals surface area contributed by atoms with Crippen molar-refractivity contribution in [2.45, 2.75) is 4.90 Å². The van der Waals surface area contributed by atoms with Crippen LogP contribution in [0.25, 0.3) is 22.3 Å². The summed E-state index contributed by atoms with van der Waals surface area (Å²) in [7, 11) is 1.70. The van der Waals surface area contributed by atoms with Crippen molar-refractivity contribution >= 4 is 44.9 Å². The van der Waals surface area contributed by atoms with Gasteiger partial charge in [0.15, 0.2) is 17.3 Å². The summed E-state index contributed by atoms with van der Waals surface area (Å²) in [5, 5.41) is 5.99. The number of benzene rings is 1. The molecule has 11 nitrogen and oxygen atoms in total. The number of aryl methyl sites for hydroxylation is 1. The van der Waals surface area contributed by atoms with Gasteiger partial charge >= 0.3 is 0 Å². The molecule has 0 aliphatic heterocycles. The third-order valence-corrected chi connectivity index (χ3v) is 5.29. The van der Waals surface area contributed by atoms with Crippen molar-refractivity contribution in [3.05, 3.63) is 48.7 Å². The van der Waals surface area contributed by atoms with Crippen LogP contribution in [-0.4, -0.2) is 37.5 Å². The lowest BCUT2D eigenvalue weighted by Gasteiger charge is -2.15. The second-order valence-electron chi connectivity index (χ2n) is 6.56. The van der Waals surface area contributed by atoms with Gasteiger partial charge in [0.2, 0.25) is 0 Å². The Morgan fingerprint density at radius 2 is 1.90 bits per heavy atom. The fourth-order valence-corrected chi connectivity index (χ4v) is 3.45. The topological polar surface area (TPSA) is 165 Å². The van der Waals surface area contributed by atoms with Crippen LogP contribution in [0.2, 0.25) is 0 Å². The first-order chi connectivity index (χ1) is 14.9. The van der Waals surface area contributed by atoms with Crippen LogP contribution in [0.5, 0.6) is 0 Å². The van der Waals surface area contributed by atoms with Crippen molar-refractivity contribution in [2.24, 2.45) is 12.8 Å². The predicted molar refractivity (Wildman–Crippen MR) is 116 cm³/mol. The molecule has 0 saturated heterocycles. The maximum atomic E-state index is 12.2. The number of rotatable bonds is 6. The van der Waals surface area contributed by atoms with Gasteiger partial charge in [-0.05, 0) is 12.1 Å². The van der Waals surface area contributed by atoms with Crippen LogP contribution in [0.15, 0.2) is 47.9 Å². The van der Waals surface area contributed by atoms with E-state index in [4.69, 9.17) is 10.5 Å². The van der Waals surface area contributed by atoms with Gasteiger partial charge in [0.1, 0.15) is 11.2 Å². The number of nitrogens with zero attached hydrogens (tertiary/aromatic N) is 5. The summed E-state index contributed by atoms with van der Waals surface area (Å²) in [4.78, 5) is 30.2. The average molecular weight is 436 g/mol. The van der Waals surface area contributed by atoms with Crippen LogP contribution in [0.3, 0.4) is 0 Å². The third-order valence-electron chi connectivity index (χ3n) is 4.59. The Balaban J connectivity index is 1.84. The van der Waals surface area contributed by atoms with Crippen molar-refractivity contribution < 1.29 is 9.00 Å². The molecule has 0 radical (unpaired) electrons. The van der Waals surface area contributed by atoms with Gasteiger partial charge < -0.3 is 29.9 Å². The van der Waals surface area contributed by atoms with Gasteiger partial charge in [-0.25, -0.2) is 15.0 Å². The maximum Gasteiger partial charge on any atom is 0.271 e. The summed E-state index contributed by atoms with van der Waals surface area (Å²) in [5.41, 5.74) is 8.55. The normalized spacial score (nSPS) is 11.1. The summed E-state index contributed by atoms with van der Waals surface area (Å²) in [6.07, 6.45) is 4.97. The standard InChI is InChI=1S/C19H18N9O2S/c1-22-18-15(12-7-23-8-13-14(12)24-9-28(13)2)26-16(17(20)29)19(27-18)25-10-3-5-11(6-4-10)31(21)30/h3-9,21H,1-2H3,(H2,20,29)(H2,22,25,27)/q-1. The monoisotopic (exact) mass is 436 g/mol. The van der Waals surface area contributed by atoms with Gasteiger partial charge in [-0.1, -0.05) is 17.0 Å². The molecule has 0 bridgehead atoms. The molecule has 3 heterocycles. The fraction of sp³-hybridized carbons (Fsp3) is 0.105. The molecule has 0 saturated carbocycles. The molecule has 1 amide bonds. The Hall–Kier alpha value is -4.06. The highest BCUT2D eigenvalue weighted by Gasteiger charge is 2.21. The molecule has 4 rings (SSSR count). The minimum atomic E-state index is -1.84. The Kier molecular flexibility index (Phi) is 5.21. The lowest BCUT2D eigenvalue weighted by atomic mass is 10.1. The fourth-order valence-electron chi connectivity index (χ4n) is 3.07. The van der Waals surface area contributed by atoms with Crippen molar-refractivity contribution in [3.63, 3.8) is 0 Å². The molecule has 4 aromatic rings. The number of nitrogens with one attached hydrogen (secondary N) is 3.